The molecule has 0 fully saturated rings. The molecule has 1 rings (SSSR count). The molecule has 0 saturated carbocycles. The maximum absolute atomic E-state index is 12.5. The van der Waals surface area contributed by atoms with Gasteiger partial charge in [0.05, 0.1) is 12.6 Å². The highest BCUT2D eigenvalue weighted by atomic mass is 16.4. The van der Waals surface area contributed by atoms with E-state index in [4.69, 9.17) is 15.9 Å². The number of rotatable bonds is 10. The molecule has 0 heterocycles. The fourth-order valence-corrected chi connectivity index (χ4v) is 2.30. The van der Waals surface area contributed by atoms with E-state index in [1.807, 2.05) is 19.9 Å². The molecule has 0 spiro atoms. The maximum atomic E-state index is 12.5. The second-order valence-corrected chi connectivity index (χ2v) is 6.24. The van der Waals surface area contributed by atoms with Gasteiger partial charge in [-0.05, 0) is 11.5 Å². The standard InChI is InChI=1S/C18H27N3O5/c1-3-11(2)15(19)17(24)20-13(9-12-7-5-4-6-8-12)16(23)21-14(10-22)18(25)26/h4-8,11,13-15,22H,3,9-10,19H2,1-2H3,(H,20,24)(H,21,23)(H,25,26). The number of carbonyl (C=O) groups is 3. The molecule has 0 bridgehead atoms. The summed E-state index contributed by atoms with van der Waals surface area (Å²) in [4.78, 5) is 35.9. The minimum atomic E-state index is -1.44. The maximum Gasteiger partial charge on any atom is 0.328 e. The van der Waals surface area contributed by atoms with Gasteiger partial charge in [-0.1, -0.05) is 50.6 Å². The number of nitrogens with two attached hydrogens (primary N) is 1. The fourth-order valence-electron chi connectivity index (χ4n) is 2.30. The van der Waals surface area contributed by atoms with Crippen molar-refractivity contribution in [2.75, 3.05) is 6.61 Å². The summed E-state index contributed by atoms with van der Waals surface area (Å²) in [6, 6.07) is 5.77. The SMILES string of the molecule is CCC(C)C(N)C(=O)NC(Cc1ccccc1)C(=O)NC(CO)C(=O)O. The summed E-state index contributed by atoms with van der Waals surface area (Å²) in [5.74, 6) is -2.60. The third-order valence-corrected chi connectivity index (χ3v) is 4.27. The molecule has 0 aliphatic rings. The molecular formula is C18H27N3O5. The summed E-state index contributed by atoms with van der Waals surface area (Å²) in [7, 11) is 0. The fraction of sp³-hybridized carbons (Fsp3) is 0.500. The molecular weight excluding hydrogens is 338 g/mol. The average Bonchev–Trinajstić information content (AvgIpc) is 2.64. The predicted octanol–water partition coefficient (Wildman–Crippen LogP) is -0.351. The molecule has 0 radical (unpaired) electrons. The van der Waals surface area contributed by atoms with Gasteiger partial charge in [0.2, 0.25) is 11.8 Å². The van der Waals surface area contributed by atoms with E-state index >= 15 is 0 Å². The highest BCUT2D eigenvalue weighted by Gasteiger charge is 2.29. The van der Waals surface area contributed by atoms with E-state index in [0.29, 0.717) is 6.42 Å². The number of benzene rings is 1. The summed E-state index contributed by atoms with van der Waals surface area (Å²) in [5.41, 5.74) is 6.70. The van der Waals surface area contributed by atoms with Gasteiger partial charge in [-0.3, -0.25) is 9.59 Å². The summed E-state index contributed by atoms with van der Waals surface area (Å²) in [6.07, 6.45) is 0.874. The Kier molecular flexibility index (Phi) is 8.74. The zero-order valence-electron chi connectivity index (χ0n) is 15.0. The molecule has 8 nitrogen and oxygen atoms in total. The Hall–Kier alpha value is -2.45. The van der Waals surface area contributed by atoms with Gasteiger partial charge in [0, 0.05) is 6.42 Å². The zero-order chi connectivity index (χ0) is 19.7. The van der Waals surface area contributed by atoms with Crippen LogP contribution < -0.4 is 16.4 Å². The second-order valence-electron chi connectivity index (χ2n) is 6.24. The van der Waals surface area contributed by atoms with E-state index in [-0.39, 0.29) is 12.3 Å². The van der Waals surface area contributed by atoms with E-state index in [1.54, 1.807) is 24.3 Å². The number of hydrogen-bond donors (Lipinski definition) is 5. The third kappa shape index (κ3) is 6.45. The first-order valence-electron chi connectivity index (χ1n) is 8.54. The number of hydrogen-bond acceptors (Lipinski definition) is 5. The summed E-state index contributed by atoms with van der Waals surface area (Å²) in [5, 5.41) is 22.9. The van der Waals surface area contributed by atoms with Crippen molar-refractivity contribution in [2.45, 2.75) is 44.8 Å². The van der Waals surface area contributed by atoms with Crippen LogP contribution in [-0.4, -0.2) is 52.7 Å². The van der Waals surface area contributed by atoms with Crippen molar-refractivity contribution in [3.63, 3.8) is 0 Å². The molecule has 2 amide bonds. The van der Waals surface area contributed by atoms with E-state index in [1.165, 1.54) is 0 Å². The summed E-state index contributed by atoms with van der Waals surface area (Å²) < 4.78 is 0. The highest BCUT2D eigenvalue weighted by molar-refractivity contribution is 5.92. The number of carboxylic acids is 1. The minimum Gasteiger partial charge on any atom is -0.480 e. The molecule has 8 heteroatoms. The zero-order valence-corrected chi connectivity index (χ0v) is 15.0. The Labute approximate surface area is 152 Å². The summed E-state index contributed by atoms with van der Waals surface area (Å²) >= 11 is 0. The van der Waals surface area contributed by atoms with Crippen molar-refractivity contribution in [1.82, 2.24) is 10.6 Å². The lowest BCUT2D eigenvalue weighted by atomic mass is 9.98. The number of aliphatic hydroxyl groups excluding tert-OH is 1. The van der Waals surface area contributed by atoms with Crippen LogP contribution in [0.15, 0.2) is 30.3 Å². The number of carbonyl (C=O) groups excluding carboxylic acids is 2. The van der Waals surface area contributed by atoms with Crippen LogP contribution in [0.5, 0.6) is 0 Å². The first-order chi connectivity index (χ1) is 12.3. The highest BCUT2D eigenvalue weighted by Crippen LogP contribution is 2.08. The van der Waals surface area contributed by atoms with Gasteiger partial charge in [0.1, 0.15) is 12.1 Å². The van der Waals surface area contributed by atoms with Gasteiger partial charge in [-0.15, -0.1) is 0 Å². The van der Waals surface area contributed by atoms with E-state index < -0.39 is 42.5 Å². The van der Waals surface area contributed by atoms with Crippen molar-refractivity contribution in [2.24, 2.45) is 11.7 Å². The van der Waals surface area contributed by atoms with Gasteiger partial charge in [0.25, 0.3) is 0 Å². The Morgan fingerprint density at radius 1 is 1.08 bits per heavy atom. The van der Waals surface area contributed by atoms with Crippen LogP contribution in [0.1, 0.15) is 25.8 Å². The number of nitrogens with one attached hydrogen (secondary N) is 2. The first-order valence-corrected chi connectivity index (χ1v) is 8.54. The predicted molar refractivity (Wildman–Crippen MR) is 96.2 cm³/mol. The Balaban J connectivity index is 2.92. The lowest BCUT2D eigenvalue weighted by Gasteiger charge is -2.24. The Bertz CT molecular complexity index is 608. The van der Waals surface area contributed by atoms with Gasteiger partial charge in [-0.2, -0.15) is 0 Å². The van der Waals surface area contributed by atoms with Crippen LogP contribution in [0.3, 0.4) is 0 Å². The normalized spacial score (nSPS) is 15.4. The van der Waals surface area contributed by atoms with Crippen LogP contribution in [0.2, 0.25) is 0 Å². The van der Waals surface area contributed by atoms with Gasteiger partial charge in [-0.25, -0.2) is 4.79 Å². The molecule has 26 heavy (non-hydrogen) atoms. The first kappa shape index (κ1) is 21.6. The second kappa shape index (κ2) is 10.5. The molecule has 144 valence electrons. The molecule has 1 aromatic carbocycles. The molecule has 6 N–H and O–H groups in total. The molecule has 0 aliphatic carbocycles. The monoisotopic (exact) mass is 365 g/mol. The number of carboxylic acid groups (broad SMARTS) is 1. The van der Waals surface area contributed by atoms with Gasteiger partial charge >= 0.3 is 5.97 Å². The minimum absolute atomic E-state index is 0.0698. The number of aliphatic carboxylic acids is 1. The average molecular weight is 365 g/mol. The number of amides is 2. The van der Waals surface area contributed by atoms with E-state index in [2.05, 4.69) is 10.6 Å². The van der Waals surface area contributed by atoms with Crippen LogP contribution in [-0.2, 0) is 20.8 Å². The lowest BCUT2D eigenvalue weighted by Crippen LogP contribution is -2.56. The quantitative estimate of drug-likeness (QED) is 0.384. The van der Waals surface area contributed by atoms with Crippen LogP contribution in [0, 0.1) is 5.92 Å². The Morgan fingerprint density at radius 2 is 1.65 bits per heavy atom. The van der Waals surface area contributed by atoms with Crippen molar-refractivity contribution < 1.29 is 24.6 Å². The summed E-state index contributed by atoms with van der Waals surface area (Å²) in [6.45, 7) is 2.99. The number of aliphatic hydroxyl groups is 1. The van der Waals surface area contributed by atoms with Crippen molar-refractivity contribution in [3.05, 3.63) is 35.9 Å². The van der Waals surface area contributed by atoms with Crippen molar-refractivity contribution >= 4 is 17.8 Å². The molecule has 1 aromatic rings. The topological polar surface area (TPSA) is 142 Å². The third-order valence-electron chi connectivity index (χ3n) is 4.27. The lowest BCUT2D eigenvalue weighted by molar-refractivity contribution is -0.143. The van der Waals surface area contributed by atoms with Crippen LogP contribution >= 0.6 is 0 Å². The van der Waals surface area contributed by atoms with Crippen molar-refractivity contribution in [1.29, 1.82) is 0 Å². The molecule has 0 aromatic heterocycles. The van der Waals surface area contributed by atoms with Crippen LogP contribution in [0.25, 0.3) is 0 Å². The largest absolute Gasteiger partial charge is 0.480 e. The Morgan fingerprint density at radius 3 is 2.15 bits per heavy atom. The van der Waals surface area contributed by atoms with Crippen molar-refractivity contribution in [3.8, 4) is 0 Å². The smallest absolute Gasteiger partial charge is 0.328 e. The van der Waals surface area contributed by atoms with Gasteiger partial charge in [0.15, 0.2) is 0 Å². The van der Waals surface area contributed by atoms with Gasteiger partial charge < -0.3 is 26.6 Å². The molecule has 4 unspecified atom stereocenters. The molecule has 0 saturated heterocycles. The van der Waals surface area contributed by atoms with E-state index in [9.17, 15) is 14.4 Å². The van der Waals surface area contributed by atoms with E-state index in [0.717, 1.165) is 5.56 Å². The molecule has 0 aliphatic heterocycles. The molecule has 4 atom stereocenters. The van der Waals surface area contributed by atoms with Crippen LogP contribution in [0.4, 0.5) is 0 Å².